The summed E-state index contributed by atoms with van der Waals surface area (Å²) in [6.45, 7) is 4.04. The van der Waals surface area contributed by atoms with Crippen molar-refractivity contribution in [3.8, 4) is 6.07 Å². The lowest BCUT2D eigenvalue weighted by atomic mass is 10.1. The lowest BCUT2D eigenvalue weighted by molar-refractivity contribution is 0.507. The molecule has 0 saturated carbocycles. The molecule has 1 aromatic rings. The van der Waals surface area contributed by atoms with Crippen molar-refractivity contribution >= 4 is 0 Å². The van der Waals surface area contributed by atoms with Gasteiger partial charge in [-0.15, -0.1) is 0 Å². The minimum Gasteiger partial charge on any atom is -0.295 e. The summed E-state index contributed by atoms with van der Waals surface area (Å²) in [4.78, 5) is 4.04. The maximum atomic E-state index is 8.79. The fraction of sp³-hybridized carbons (Fsp3) is 0.455. The Morgan fingerprint density at radius 3 is 2.93 bits per heavy atom. The number of aromatic nitrogens is 1. The number of nitriles is 1. The smallest absolute Gasteiger partial charge is 0.0954 e. The van der Waals surface area contributed by atoms with E-state index in [1.54, 1.807) is 6.20 Å². The summed E-state index contributed by atoms with van der Waals surface area (Å²) in [5.74, 6) is 0. The Hall–Kier alpha value is -1.40. The fourth-order valence-electron chi connectivity index (χ4n) is 1.28. The van der Waals surface area contributed by atoms with Gasteiger partial charge >= 0.3 is 0 Å². The van der Waals surface area contributed by atoms with Gasteiger partial charge in [-0.05, 0) is 25.0 Å². The van der Waals surface area contributed by atoms with Crippen LogP contribution in [0.2, 0.25) is 0 Å². The SMILES string of the molecule is CCC(C#N)NC(C)c1cccnc1. The first-order chi connectivity index (χ1) is 6.77. The molecule has 1 aromatic heterocycles. The molecule has 0 radical (unpaired) electrons. The minimum atomic E-state index is -0.0785. The molecule has 0 aliphatic carbocycles. The van der Waals surface area contributed by atoms with Crippen LogP contribution in [0.25, 0.3) is 0 Å². The van der Waals surface area contributed by atoms with E-state index in [9.17, 15) is 0 Å². The topological polar surface area (TPSA) is 48.7 Å². The van der Waals surface area contributed by atoms with Gasteiger partial charge in [0, 0.05) is 18.4 Å². The van der Waals surface area contributed by atoms with Crippen molar-refractivity contribution in [2.24, 2.45) is 0 Å². The van der Waals surface area contributed by atoms with E-state index < -0.39 is 0 Å². The van der Waals surface area contributed by atoms with E-state index in [0.717, 1.165) is 12.0 Å². The third-order valence-corrected chi connectivity index (χ3v) is 2.20. The van der Waals surface area contributed by atoms with E-state index >= 15 is 0 Å². The molecule has 0 aliphatic heterocycles. The van der Waals surface area contributed by atoms with Gasteiger partial charge in [0.25, 0.3) is 0 Å². The van der Waals surface area contributed by atoms with E-state index in [-0.39, 0.29) is 12.1 Å². The zero-order valence-corrected chi connectivity index (χ0v) is 8.57. The summed E-state index contributed by atoms with van der Waals surface area (Å²) in [6.07, 6.45) is 4.39. The molecular weight excluding hydrogens is 174 g/mol. The summed E-state index contributed by atoms with van der Waals surface area (Å²) in [5, 5.41) is 12.0. The van der Waals surface area contributed by atoms with Gasteiger partial charge in [0.1, 0.15) is 0 Å². The van der Waals surface area contributed by atoms with Crippen molar-refractivity contribution in [3.63, 3.8) is 0 Å². The highest BCUT2D eigenvalue weighted by Crippen LogP contribution is 2.11. The van der Waals surface area contributed by atoms with Crippen molar-refractivity contribution in [2.75, 3.05) is 0 Å². The van der Waals surface area contributed by atoms with Crippen LogP contribution in [0, 0.1) is 11.3 Å². The molecule has 1 heterocycles. The summed E-state index contributed by atoms with van der Waals surface area (Å²) >= 11 is 0. The second kappa shape index (κ2) is 5.36. The minimum absolute atomic E-state index is 0.0785. The van der Waals surface area contributed by atoms with Crippen LogP contribution in [0.1, 0.15) is 31.9 Å². The second-order valence-corrected chi connectivity index (χ2v) is 3.26. The van der Waals surface area contributed by atoms with Gasteiger partial charge in [0.2, 0.25) is 0 Å². The quantitative estimate of drug-likeness (QED) is 0.788. The summed E-state index contributed by atoms with van der Waals surface area (Å²) in [7, 11) is 0. The molecule has 0 bridgehead atoms. The maximum absolute atomic E-state index is 8.79. The molecule has 74 valence electrons. The van der Waals surface area contributed by atoms with E-state index in [4.69, 9.17) is 5.26 Å². The normalized spacial score (nSPS) is 14.4. The number of rotatable bonds is 4. The Morgan fingerprint density at radius 2 is 2.43 bits per heavy atom. The number of nitrogens with one attached hydrogen (secondary N) is 1. The van der Waals surface area contributed by atoms with Gasteiger partial charge in [-0.25, -0.2) is 0 Å². The highest BCUT2D eigenvalue weighted by molar-refractivity contribution is 5.13. The third-order valence-electron chi connectivity index (χ3n) is 2.20. The van der Waals surface area contributed by atoms with Crippen molar-refractivity contribution in [3.05, 3.63) is 30.1 Å². The van der Waals surface area contributed by atoms with E-state index in [1.165, 1.54) is 0 Å². The molecule has 3 heteroatoms. The molecule has 2 atom stereocenters. The first-order valence-corrected chi connectivity index (χ1v) is 4.83. The molecule has 3 nitrogen and oxygen atoms in total. The third kappa shape index (κ3) is 2.82. The Kier molecular flexibility index (Phi) is 4.09. The molecule has 2 unspecified atom stereocenters. The molecule has 1 rings (SSSR count). The molecule has 0 amide bonds. The van der Waals surface area contributed by atoms with E-state index in [1.807, 2.05) is 32.2 Å². The first kappa shape index (κ1) is 10.7. The predicted octanol–water partition coefficient (Wildman–Crippen LogP) is 2.03. The fourth-order valence-corrected chi connectivity index (χ4v) is 1.28. The monoisotopic (exact) mass is 189 g/mol. The lowest BCUT2D eigenvalue weighted by Crippen LogP contribution is -2.29. The standard InChI is InChI=1S/C11H15N3/c1-3-11(7-12)14-9(2)10-5-4-6-13-8-10/h4-6,8-9,11,14H,3H2,1-2H3. The summed E-state index contributed by atoms with van der Waals surface area (Å²) in [5.41, 5.74) is 1.11. The van der Waals surface area contributed by atoms with Crippen LogP contribution < -0.4 is 5.32 Å². The van der Waals surface area contributed by atoms with Crippen molar-refractivity contribution < 1.29 is 0 Å². The summed E-state index contributed by atoms with van der Waals surface area (Å²) < 4.78 is 0. The van der Waals surface area contributed by atoms with Crippen molar-refractivity contribution in [2.45, 2.75) is 32.4 Å². The number of pyridine rings is 1. The largest absolute Gasteiger partial charge is 0.295 e. The molecule has 0 aliphatic rings. The van der Waals surface area contributed by atoms with Gasteiger partial charge in [0.15, 0.2) is 0 Å². The predicted molar refractivity (Wildman–Crippen MR) is 55.5 cm³/mol. The van der Waals surface area contributed by atoms with Gasteiger partial charge in [-0.3, -0.25) is 10.3 Å². The Bertz CT molecular complexity index is 302. The van der Waals surface area contributed by atoms with E-state index in [0.29, 0.717) is 0 Å². The van der Waals surface area contributed by atoms with Crippen LogP contribution in [0.15, 0.2) is 24.5 Å². The lowest BCUT2D eigenvalue weighted by Gasteiger charge is -2.16. The molecule has 1 N–H and O–H groups in total. The van der Waals surface area contributed by atoms with Crippen LogP contribution >= 0.6 is 0 Å². The number of nitrogens with zero attached hydrogens (tertiary/aromatic N) is 2. The highest BCUT2D eigenvalue weighted by atomic mass is 14.9. The molecule has 0 saturated heterocycles. The molecular formula is C11H15N3. The van der Waals surface area contributed by atoms with Crippen LogP contribution in [-0.2, 0) is 0 Å². The summed E-state index contributed by atoms with van der Waals surface area (Å²) in [6, 6.07) is 6.23. The van der Waals surface area contributed by atoms with Crippen LogP contribution in [0.5, 0.6) is 0 Å². The average molecular weight is 189 g/mol. The highest BCUT2D eigenvalue weighted by Gasteiger charge is 2.10. The zero-order chi connectivity index (χ0) is 10.4. The Balaban J connectivity index is 2.59. The second-order valence-electron chi connectivity index (χ2n) is 3.26. The Morgan fingerprint density at radius 1 is 1.64 bits per heavy atom. The van der Waals surface area contributed by atoms with Gasteiger partial charge in [-0.1, -0.05) is 13.0 Å². The zero-order valence-electron chi connectivity index (χ0n) is 8.57. The van der Waals surface area contributed by atoms with Crippen LogP contribution in [-0.4, -0.2) is 11.0 Å². The maximum Gasteiger partial charge on any atom is 0.0954 e. The molecule has 14 heavy (non-hydrogen) atoms. The van der Waals surface area contributed by atoms with E-state index in [2.05, 4.69) is 16.4 Å². The number of hydrogen-bond acceptors (Lipinski definition) is 3. The van der Waals surface area contributed by atoms with Crippen LogP contribution in [0.4, 0.5) is 0 Å². The van der Waals surface area contributed by atoms with Gasteiger partial charge in [0.05, 0.1) is 12.1 Å². The van der Waals surface area contributed by atoms with Crippen molar-refractivity contribution in [1.29, 1.82) is 5.26 Å². The Labute approximate surface area is 84.8 Å². The molecule has 0 fully saturated rings. The number of hydrogen-bond donors (Lipinski definition) is 1. The molecule has 0 aromatic carbocycles. The molecule has 0 spiro atoms. The average Bonchev–Trinajstić information content (AvgIpc) is 2.26. The first-order valence-electron chi connectivity index (χ1n) is 4.83. The van der Waals surface area contributed by atoms with Crippen molar-refractivity contribution in [1.82, 2.24) is 10.3 Å². The van der Waals surface area contributed by atoms with Gasteiger partial charge in [-0.2, -0.15) is 5.26 Å². The van der Waals surface area contributed by atoms with Crippen LogP contribution in [0.3, 0.4) is 0 Å². The van der Waals surface area contributed by atoms with Gasteiger partial charge < -0.3 is 0 Å².